The first-order valence-corrected chi connectivity index (χ1v) is 12.4. The number of amides is 1. The molecule has 0 spiro atoms. The lowest BCUT2D eigenvalue weighted by molar-refractivity contribution is -0.137. The van der Waals surface area contributed by atoms with E-state index in [2.05, 4.69) is 4.90 Å². The Morgan fingerprint density at radius 2 is 1.83 bits per heavy atom. The van der Waals surface area contributed by atoms with Crippen LogP contribution >= 0.6 is 11.3 Å². The third-order valence-electron chi connectivity index (χ3n) is 5.72. The lowest BCUT2D eigenvalue weighted by Crippen LogP contribution is -2.52. The molecule has 2 aliphatic heterocycles. The zero-order valence-corrected chi connectivity index (χ0v) is 18.3. The van der Waals surface area contributed by atoms with Crippen LogP contribution in [-0.4, -0.2) is 81.1 Å². The van der Waals surface area contributed by atoms with E-state index in [0.717, 1.165) is 47.0 Å². The van der Waals surface area contributed by atoms with E-state index in [1.54, 1.807) is 18.4 Å². The number of fused-ring (bicyclic) bond motifs is 1. The number of methoxy groups -OCH3 is 1. The van der Waals surface area contributed by atoms with Crippen molar-refractivity contribution >= 4 is 42.6 Å². The summed E-state index contributed by atoms with van der Waals surface area (Å²) in [5.41, 5.74) is 0.966. The maximum atomic E-state index is 12.9. The Hall–Kier alpha value is -1.91. The number of nitrogens with zero attached hydrogens (tertiary/aromatic N) is 4. The van der Waals surface area contributed by atoms with Crippen molar-refractivity contribution < 1.29 is 17.9 Å². The van der Waals surface area contributed by atoms with Gasteiger partial charge in [-0.3, -0.25) is 4.79 Å². The van der Waals surface area contributed by atoms with Crippen LogP contribution in [0.2, 0.25) is 0 Å². The number of benzene rings is 1. The van der Waals surface area contributed by atoms with Crippen molar-refractivity contribution in [3.8, 4) is 5.75 Å². The number of carbonyl (C=O) groups is 1. The number of carbonyl (C=O) groups excluding carboxylic acids is 1. The highest BCUT2D eigenvalue weighted by atomic mass is 32.2. The largest absolute Gasteiger partial charge is 0.497 e. The Balaban J connectivity index is 1.34. The van der Waals surface area contributed by atoms with Gasteiger partial charge < -0.3 is 14.5 Å². The Morgan fingerprint density at radius 3 is 2.45 bits per heavy atom. The third kappa shape index (κ3) is 4.34. The average molecular weight is 439 g/mol. The summed E-state index contributed by atoms with van der Waals surface area (Å²) < 4.78 is 31.1. The highest BCUT2D eigenvalue weighted by Crippen LogP contribution is 2.33. The monoisotopic (exact) mass is 438 g/mol. The molecule has 0 radical (unpaired) electrons. The van der Waals surface area contributed by atoms with Crippen LogP contribution in [0.1, 0.15) is 12.8 Å². The van der Waals surface area contributed by atoms with Crippen molar-refractivity contribution in [3.05, 3.63) is 18.2 Å². The molecule has 2 fully saturated rings. The Labute approximate surface area is 175 Å². The Kier molecular flexibility index (Phi) is 5.67. The fraction of sp³-hybridized carbons (Fsp3) is 0.579. The van der Waals surface area contributed by atoms with Gasteiger partial charge in [-0.25, -0.2) is 13.4 Å². The molecule has 1 aromatic carbocycles. The van der Waals surface area contributed by atoms with Gasteiger partial charge in [-0.15, -0.1) is 0 Å². The molecule has 0 saturated carbocycles. The second-order valence-electron chi connectivity index (χ2n) is 7.58. The number of anilines is 1. The topological polar surface area (TPSA) is 83.1 Å². The number of rotatable bonds is 4. The van der Waals surface area contributed by atoms with Crippen molar-refractivity contribution in [2.75, 3.05) is 57.5 Å². The van der Waals surface area contributed by atoms with Crippen LogP contribution in [0.15, 0.2) is 18.2 Å². The van der Waals surface area contributed by atoms with Gasteiger partial charge in [-0.2, -0.15) is 4.31 Å². The van der Waals surface area contributed by atoms with Gasteiger partial charge in [0.25, 0.3) is 0 Å². The van der Waals surface area contributed by atoms with Crippen molar-refractivity contribution in [1.29, 1.82) is 0 Å². The van der Waals surface area contributed by atoms with E-state index in [0.29, 0.717) is 26.2 Å². The third-order valence-corrected chi connectivity index (χ3v) is 8.10. The van der Waals surface area contributed by atoms with E-state index in [1.807, 2.05) is 23.1 Å². The van der Waals surface area contributed by atoms with E-state index in [9.17, 15) is 13.2 Å². The fourth-order valence-electron chi connectivity index (χ4n) is 3.97. The first-order chi connectivity index (χ1) is 13.8. The molecule has 1 amide bonds. The van der Waals surface area contributed by atoms with Crippen LogP contribution in [0.25, 0.3) is 10.2 Å². The molecule has 10 heteroatoms. The first-order valence-electron chi connectivity index (χ1n) is 9.78. The molecule has 158 valence electrons. The normalized spacial score (nSPS) is 19.7. The predicted molar refractivity (Wildman–Crippen MR) is 114 cm³/mol. The highest BCUT2D eigenvalue weighted by molar-refractivity contribution is 7.88. The number of piperazine rings is 1. The lowest BCUT2D eigenvalue weighted by Gasteiger charge is -2.37. The van der Waals surface area contributed by atoms with Crippen molar-refractivity contribution in [3.63, 3.8) is 0 Å². The van der Waals surface area contributed by atoms with Gasteiger partial charge in [0.15, 0.2) is 5.13 Å². The quantitative estimate of drug-likeness (QED) is 0.722. The molecule has 0 unspecified atom stereocenters. The smallest absolute Gasteiger partial charge is 0.225 e. The van der Waals surface area contributed by atoms with E-state index in [4.69, 9.17) is 9.72 Å². The first kappa shape index (κ1) is 20.4. The fourth-order valence-corrected chi connectivity index (χ4v) is 5.84. The van der Waals surface area contributed by atoms with Gasteiger partial charge in [0.05, 0.1) is 23.6 Å². The van der Waals surface area contributed by atoms with Crippen LogP contribution in [-0.2, 0) is 14.8 Å². The van der Waals surface area contributed by atoms with Crippen molar-refractivity contribution in [1.82, 2.24) is 14.2 Å². The maximum Gasteiger partial charge on any atom is 0.225 e. The van der Waals surface area contributed by atoms with Crippen LogP contribution in [0.4, 0.5) is 5.13 Å². The average Bonchev–Trinajstić information content (AvgIpc) is 3.16. The van der Waals surface area contributed by atoms with Gasteiger partial charge in [-0.1, -0.05) is 11.3 Å². The van der Waals surface area contributed by atoms with Gasteiger partial charge >= 0.3 is 0 Å². The Bertz CT molecular complexity index is 991. The maximum absolute atomic E-state index is 12.9. The van der Waals surface area contributed by atoms with E-state index in [-0.39, 0.29) is 11.8 Å². The minimum absolute atomic E-state index is 0.00510. The molecule has 2 aromatic rings. The van der Waals surface area contributed by atoms with E-state index >= 15 is 0 Å². The van der Waals surface area contributed by atoms with Crippen molar-refractivity contribution in [2.24, 2.45) is 5.92 Å². The minimum Gasteiger partial charge on any atom is -0.497 e. The summed E-state index contributed by atoms with van der Waals surface area (Å²) >= 11 is 1.65. The van der Waals surface area contributed by atoms with Crippen molar-refractivity contribution in [2.45, 2.75) is 12.8 Å². The second kappa shape index (κ2) is 8.08. The summed E-state index contributed by atoms with van der Waals surface area (Å²) in [5, 5.41) is 0.987. The van der Waals surface area contributed by atoms with Gasteiger partial charge in [0.1, 0.15) is 5.75 Å². The van der Waals surface area contributed by atoms with Gasteiger partial charge in [-0.05, 0) is 31.0 Å². The number of ether oxygens (including phenoxy) is 1. The molecular formula is C19H26N4O4S2. The molecule has 0 atom stereocenters. The Morgan fingerprint density at radius 1 is 1.14 bits per heavy atom. The zero-order valence-electron chi connectivity index (χ0n) is 16.7. The molecule has 4 rings (SSSR count). The van der Waals surface area contributed by atoms with Crippen LogP contribution in [0.5, 0.6) is 5.75 Å². The second-order valence-corrected chi connectivity index (χ2v) is 10.6. The molecular weight excluding hydrogens is 412 g/mol. The molecule has 8 nitrogen and oxygen atoms in total. The lowest BCUT2D eigenvalue weighted by atomic mass is 9.95. The number of hydrogen-bond donors (Lipinski definition) is 0. The number of thiazole rings is 1. The molecule has 0 N–H and O–H groups in total. The minimum atomic E-state index is -3.18. The van der Waals surface area contributed by atoms with Crippen LogP contribution in [0, 0.1) is 5.92 Å². The molecule has 3 heterocycles. The molecule has 29 heavy (non-hydrogen) atoms. The van der Waals surface area contributed by atoms with E-state index in [1.165, 1.54) is 10.6 Å². The summed E-state index contributed by atoms with van der Waals surface area (Å²) in [5.74, 6) is 0.991. The van der Waals surface area contributed by atoms with E-state index < -0.39 is 10.0 Å². The number of aromatic nitrogens is 1. The number of piperidine rings is 1. The number of hydrogen-bond acceptors (Lipinski definition) is 7. The molecule has 0 aliphatic carbocycles. The summed E-state index contributed by atoms with van der Waals surface area (Å²) in [6.45, 7) is 3.34. The van der Waals surface area contributed by atoms with Gasteiger partial charge in [0, 0.05) is 45.2 Å². The van der Waals surface area contributed by atoms with Gasteiger partial charge in [0.2, 0.25) is 15.9 Å². The molecule has 0 bridgehead atoms. The highest BCUT2D eigenvalue weighted by Gasteiger charge is 2.32. The molecule has 2 aliphatic rings. The zero-order chi connectivity index (χ0) is 20.6. The summed E-state index contributed by atoms with van der Waals surface area (Å²) in [7, 11) is -1.52. The summed E-state index contributed by atoms with van der Waals surface area (Å²) in [4.78, 5) is 21.7. The van der Waals surface area contributed by atoms with Crippen LogP contribution < -0.4 is 9.64 Å². The summed E-state index contributed by atoms with van der Waals surface area (Å²) in [6, 6.07) is 5.89. The molecule has 2 saturated heterocycles. The predicted octanol–water partition coefficient (Wildman–Crippen LogP) is 1.63. The standard InChI is InChI=1S/C19H26N4O4S2/c1-27-15-3-4-16-17(13-15)28-19(20-16)22-7-5-14(6-8-22)18(24)21-9-11-23(12-10-21)29(2,25)26/h3-4,13-14H,5-12H2,1-2H3. The molecule has 1 aromatic heterocycles. The SMILES string of the molecule is COc1ccc2nc(N3CCC(C(=O)N4CCN(S(C)(=O)=O)CC4)CC3)sc2c1. The van der Waals surface area contributed by atoms with Crippen LogP contribution in [0.3, 0.4) is 0 Å². The number of sulfonamides is 1. The summed E-state index contributed by atoms with van der Waals surface area (Å²) in [6.07, 6.45) is 2.81.